The highest BCUT2D eigenvalue weighted by atomic mass is 16.2. The average molecular weight is 325 g/mol. The number of aryl methyl sites for hydroxylation is 2. The molecule has 1 heterocycles. The van der Waals surface area contributed by atoms with E-state index in [0.29, 0.717) is 6.54 Å². The van der Waals surface area contributed by atoms with Crippen LogP contribution < -0.4 is 5.32 Å². The Bertz CT molecular complexity index is 714. The van der Waals surface area contributed by atoms with Crippen LogP contribution in [-0.2, 0) is 16.0 Å². The Kier molecular flexibility index (Phi) is 6.07. The lowest BCUT2D eigenvalue weighted by Crippen LogP contribution is -2.32. The average Bonchev–Trinajstić information content (AvgIpc) is 2.56. The standard InChI is InChI=1S/C19H23N3O2/c1-14-4-5-17(12-15(14)2)21-18(23)13-19(24)22(3)11-8-16-6-9-20-10-7-16/h4-7,9-10,12H,8,11,13H2,1-3H3,(H,21,23). The van der Waals surface area contributed by atoms with Gasteiger partial charge in [-0.3, -0.25) is 14.6 Å². The monoisotopic (exact) mass is 325 g/mol. The first-order chi connectivity index (χ1) is 11.5. The first-order valence-electron chi connectivity index (χ1n) is 7.95. The van der Waals surface area contributed by atoms with Crippen LogP contribution in [0, 0.1) is 13.8 Å². The zero-order valence-electron chi connectivity index (χ0n) is 14.4. The minimum absolute atomic E-state index is 0.153. The van der Waals surface area contributed by atoms with Crippen LogP contribution in [0.15, 0.2) is 42.7 Å². The molecule has 0 aliphatic rings. The Labute approximate surface area is 142 Å². The third-order valence-corrected chi connectivity index (χ3v) is 4.01. The molecule has 1 aromatic carbocycles. The Morgan fingerprint density at radius 1 is 1.08 bits per heavy atom. The van der Waals surface area contributed by atoms with Gasteiger partial charge in [-0.05, 0) is 61.2 Å². The predicted molar refractivity (Wildman–Crippen MR) is 94.7 cm³/mol. The molecule has 0 spiro atoms. The van der Waals surface area contributed by atoms with Gasteiger partial charge in [0.2, 0.25) is 11.8 Å². The van der Waals surface area contributed by atoms with E-state index in [1.807, 2.05) is 44.2 Å². The molecule has 2 rings (SSSR count). The lowest BCUT2D eigenvalue weighted by Gasteiger charge is -2.17. The first-order valence-corrected chi connectivity index (χ1v) is 7.95. The summed E-state index contributed by atoms with van der Waals surface area (Å²) in [6.45, 7) is 4.57. The molecule has 24 heavy (non-hydrogen) atoms. The zero-order valence-corrected chi connectivity index (χ0v) is 14.4. The van der Waals surface area contributed by atoms with Crippen LogP contribution in [0.5, 0.6) is 0 Å². The normalized spacial score (nSPS) is 10.3. The molecular weight excluding hydrogens is 302 g/mol. The van der Waals surface area contributed by atoms with Gasteiger partial charge in [0.1, 0.15) is 6.42 Å². The largest absolute Gasteiger partial charge is 0.345 e. The third kappa shape index (κ3) is 5.19. The lowest BCUT2D eigenvalue weighted by atomic mass is 10.1. The van der Waals surface area contributed by atoms with Gasteiger partial charge < -0.3 is 10.2 Å². The van der Waals surface area contributed by atoms with Gasteiger partial charge >= 0.3 is 0 Å². The number of hydrogen-bond acceptors (Lipinski definition) is 3. The summed E-state index contributed by atoms with van der Waals surface area (Å²) in [4.78, 5) is 29.7. The van der Waals surface area contributed by atoms with Gasteiger partial charge in [0, 0.05) is 31.7 Å². The molecule has 126 valence electrons. The van der Waals surface area contributed by atoms with Crippen molar-refractivity contribution in [1.82, 2.24) is 9.88 Å². The molecule has 0 atom stereocenters. The van der Waals surface area contributed by atoms with E-state index in [-0.39, 0.29) is 18.2 Å². The topological polar surface area (TPSA) is 62.3 Å². The van der Waals surface area contributed by atoms with E-state index < -0.39 is 0 Å². The summed E-state index contributed by atoms with van der Waals surface area (Å²) in [5, 5.41) is 2.77. The Morgan fingerprint density at radius 2 is 1.79 bits per heavy atom. The Hall–Kier alpha value is -2.69. The van der Waals surface area contributed by atoms with Gasteiger partial charge in [0.05, 0.1) is 0 Å². The lowest BCUT2D eigenvalue weighted by molar-refractivity contribution is -0.133. The number of carbonyl (C=O) groups is 2. The van der Waals surface area contributed by atoms with Crippen LogP contribution in [0.2, 0.25) is 0 Å². The van der Waals surface area contributed by atoms with Crippen LogP contribution in [-0.4, -0.2) is 35.3 Å². The molecule has 0 bridgehead atoms. The summed E-state index contributed by atoms with van der Waals surface area (Å²) in [5.41, 5.74) is 4.10. The van der Waals surface area contributed by atoms with Crippen molar-refractivity contribution in [3.63, 3.8) is 0 Å². The van der Waals surface area contributed by atoms with Crippen LogP contribution in [0.1, 0.15) is 23.1 Å². The second-order valence-electron chi connectivity index (χ2n) is 5.94. The molecule has 1 N–H and O–H groups in total. The van der Waals surface area contributed by atoms with E-state index in [1.54, 1.807) is 24.3 Å². The second-order valence-corrected chi connectivity index (χ2v) is 5.94. The van der Waals surface area contributed by atoms with Crippen LogP contribution >= 0.6 is 0 Å². The number of aromatic nitrogens is 1. The smallest absolute Gasteiger partial charge is 0.233 e. The first kappa shape index (κ1) is 17.7. The molecular formula is C19H23N3O2. The number of carbonyl (C=O) groups excluding carboxylic acids is 2. The Balaban J connectivity index is 1.81. The van der Waals surface area contributed by atoms with Crippen LogP contribution in [0.25, 0.3) is 0 Å². The van der Waals surface area contributed by atoms with Crippen molar-refractivity contribution in [2.45, 2.75) is 26.7 Å². The number of nitrogens with zero attached hydrogens (tertiary/aromatic N) is 2. The van der Waals surface area contributed by atoms with Gasteiger partial charge in [-0.15, -0.1) is 0 Å². The molecule has 2 aromatic rings. The van der Waals surface area contributed by atoms with E-state index in [1.165, 1.54) is 5.56 Å². The molecule has 0 fully saturated rings. The minimum atomic E-state index is -0.293. The molecule has 1 aromatic heterocycles. The summed E-state index contributed by atoms with van der Waals surface area (Å²) in [6.07, 6.45) is 4.05. The quantitative estimate of drug-likeness (QED) is 0.831. The molecule has 0 aliphatic carbocycles. The van der Waals surface area contributed by atoms with E-state index in [0.717, 1.165) is 23.2 Å². The van der Waals surface area contributed by atoms with Crippen molar-refractivity contribution < 1.29 is 9.59 Å². The summed E-state index contributed by atoms with van der Waals surface area (Å²) in [5.74, 6) is -0.482. The number of likely N-dealkylation sites (N-methyl/N-ethyl adjacent to an activating group) is 1. The number of pyridine rings is 1. The molecule has 2 amide bonds. The molecule has 0 radical (unpaired) electrons. The van der Waals surface area contributed by atoms with E-state index in [9.17, 15) is 9.59 Å². The van der Waals surface area contributed by atoms with Crippen LogP contribution in [0.3, 0.4) is 0 Å². The predicted octanol–water partition coefficient (Wildman–Crippen LogP) is 2.73. The van der Waals surface area contributed by atoms with Crippen molar-refractivity contribution in [3.05, 3.63) is 59.4 Å². The summed E-state index contributed by atoms with van der Waals surface area (Å²) < 4.78 is 0. The van der Waals surface area contributed by atoms with Crippen molar-refractivity contribution in [3.8, 4) is 0 Å². The van der Waals surface area contributed by atoms with Crippen LogP contribution in [0.4, 0.5) is 5.69 Å². The molecule has 5 heteroatoms. The second kappa shape index (κ2) is 8.24. The molecule has 0 aliphatic heterocycles. The molecule has 0 saturated heterocycles. The fraction of sp³-hybridized carbons (Fsp3) is 0.316. The fourth-order valence-corrected chi connectivity index (χ4v) is 2.27. The van der Waals surface area contributed by atoms with Gasteiger partial charge in [-0.25, -0.2) is 0 Å². The van der Waals surface area contributed by atoms with Gasteiger partial charge in [0.15, 0.2) is 0 Å². The summed E-state index contributed by atoms with van der Waals surface area (Å²) in [6, 6.07) is 9.55. The molecule has 0 saturated carbocycles. The summed E-state index contributed by atoms with van der Waals surface area (Å²) >= 11 is 0. The van der Waals surface area contributed by atoms with Crippen molar-refractivity contribution in [2.75, 3.05) is 18.9 Å². The summed E-state index contributed by atoms with van der Waals surface area (Å²) in [7, 11) is 1.72. The van der Waals surface area contributed by atoms with E-state index in [2.05, 4.69) is 10.3 Å². The molecule has 5 nitrogen and oxygen atoms in total. The number of hydrogen-bond donors (Lipinski definition) is 1. The van der Waals surface area contributed by atoms with Crippen molar-refractivity contribution in [1.29, 1.82) is 0 Å². The highest BCUT2D eigenvalue weighted by molar-refractivity contribution is 6.03. The SMILES string of the molecule is Cc1ccc(NC(=O)CC(=O)N(C)CCc2ccncc2)cc1C. The van der Waals surface area contributed by atoms with E-state index >= 15 is 0 Å². The number of benzene rings is 1. The maximum atomic E-state index is 12.1. The van der Waals surface area contributed by atoms with Gasteiger partial charge in [-0.2, -0.15) is 0 Å². The third-order valence-electron chi connectivity index (χ3n) is 4.01. The highest BCUT2D eigenvalue weighted by Gasteiger charge is 2.14. The highest BCUT2D eigenvalue weighted by Crippen LogP contribution is 2.14. The maximum Gasteiger partial charge on any atom is 0.233 e. The zero-order chi connectivity index (χ0) is 17.5. The Morgan fingerprint density at radius 3 is 2.46 bits per heavy atom. The number of amides is 2. The minimum Gasteiger partial charge on any atom is -0.345 e. The van der Waals surface area contributed by atoms with Crippen molar-refractivity contribution >= 4 is 17.5 Å². The molecule has 0 unspecified atom stereocenters. The number of anilines is 1. The van der Waals surface area contributed by atoms with Gasteiger partial charge in [-0.1, -0.05) is 6.07 Å². The van der Waals surface area contributed by atoms with Gasteiger partial charge in [0.25, 0.3) is 0 Å². The maximum absolute atomic E-state index is 12.1. The number of nitrogens with one attached hydrogen (secondary N) is 1. The van der Waals surface area contributed by atoms with E-state index in [4.69, 9.17) is 0 Å². The van der Waals surface area contributed by atoms with Crippen molar-refractivity contribution in [2.24, 2.45) is 0 Å². The number of rotatable bonds is 6. The fourth-order valence-electron chi connectivity index (χ4n) is 2.27.